The summed E-state index contributed by atoms with van der Waals surface area (Å²) in [6, 6.07) is 16.8. The number of nitrogens with zero attached hydrogens (tertiary/aromatic N) is 1. The van der Waals surface area contributed by atoms with Crippen LogP contribution in [0.15, 0.2) is 70.4 Å². The van der Waals surface area contributed by atoms with Gasteiger partial charge in [-0.05, 0) is 24.6 Å². The fourth-order valence-electron chi connectivity index (χ4n) is 3.18. The molecule has 2 aromatic carbocycles. The van der Waals surface area contributed by atoms with E-state index >= 15 is 0 Å². The minimum atomic E-state index is -3.59. The number of hydrogen-bond acceptors (Lipinski definition) is 5. The number of hydrogen-bond donors (Lipinski definition) is 1. The Morgan fingerprint density at radius 2 is 1.71 bits per heavy atom. The Morgan fingerprint density at radius 1 is 1.06 bits per heavy atom. The van der Waals surface area contributed by atoms with Crippen LogP contribution in [-0.4, -0.2) is 29.8 Å². The maximum Gasteiger partial charge on any atom is 0.356 e. The van der Waals surface area contributed by atoms with Crippen LogP contribution < -0.4 is 10.2 Å². The zero-order chi connectivity index (χ0) is 22.6. The van der Waals surface area contributed by atoms with Crippen LogP contribution in [0.5, 0.6) is 5.75 Å². The second kappa shape index (κ2) is 9.18. The van der Waals surface area contributed by atoms with Crippen molar-refractivity contribution < 1.29 is 23.1 Å². The number of carbonyl (C=O) groups is 1. The second-order valence-electron chi connectivity index (χ2n) is 7.20. The lowest BCUT2D eigenvalue weighted by atomic mass is 10.2. The van der Waals surface area contributed by atoms with E-state index in [0.29, 0.717) is 5.69 Å². The number of rotatable bonds is 8. The van der Waals surface area contributed by atoms with Crippen molar-refractivity contribution in [3.63, 3.8) is 0 Å². The Bertz CT molecular complexity index is 1250. The van der Waals surface area contributed by atoms with E-state index in [1.54, 1.807) is 24.3 Å². The molecule has 0 bridgehead atoms. The van der Waals surface area contributed by atoms with Gasteiger partial charge in [-0.3, -0.25) is 4.79 Å². The number of aromatic carboxylic acids is 1. The number of benzene rings is 2. The minimum Gasteiger partial charge on any atom is -0.482 e. The molecular formula is C23H23NO6S. The van der Waals surface area contributed by atoms with Gasteiger partial charge in [0, 0.05) is 25.2 Å². The highest BCUT2D eigenvalue weighted by Crippen LogP contribution is 2.19. The van der Waals surface area contributed by atoms with E-state index < -0.39 is 21.2 Å². The van der Waals surface area contributed by atoms with Crippen LogP contribution in [0, 0.1) is 6.92 Å². The highest BCUT2D eigenvalue weighted by atomic mass is 32.2. The number of carboxylic acids is 1. The van der Waals surface area contributed by atoms with Crippen molar-refractivity contribution in [3.05, 3.63) is 93.4 Å². The average Bonchev–Trinajstić information content (AvgIpc) is 2.73. The van der Waals surface area contributed by atoms with E-state index in [1.165, 1.54) is 29.8 Å². The fourth-order valence-corrected chi connectivity index (χ4v) is 4.44. The molecule has 1 heterocycles. The first-order chi connectivity index (χ1) is 14.7. The Kier molecular flexibility index (Phi) is 6.60. The summed E-state index contributed by atoms with van der Waals surface area (Å²) in [5, 5.41) is 9.67. The Morgan fingerprint density at radius 3 is 2.32 bits per heavy atom. The summed E-state index contributed by atoms with van der Waals surface area (Å²) in [6.45, 7) is 1.90. The zero-order valence-electron chi connectivity index (χ0n) is 17.2. The Labute approximate surface area is 180 Å². The molecule has 7 nitrogen and oxygen atoms in total. The fraction of sp³-hybridized carbons (Fsp3) is 0.217. The number of carboxylic acid groups (broad SMARTS) is 1. The standard InChI is InChI=1S/C23H23NO6S/c1-16-8-10-19(11-9-16)31(28,29)13-12-18-14-20(25)22(21(23(26)27)24(18)2)30-15-17-6-4-3-5-7-17/h3-11,14H,12-13,15H2,1-2H3,(H,26,27). The largest absolute Gasteiger partial charge is 0.482 e. The van der Waals surface area contributed by atoms with Crippen LogP contribution in [0.4, 0.5) is 0 Å². The molecule has 1 aromatic heterocycles. The summed E-state index contributed by atoms with van der Waals surface area (Å²) in [4.78, 5) is 24.7. The molecule has 1 N–H and O–H groups in total. The Balaban J connectivity index is 1.87. The van der Waals surface area contributed by atoms with Gasteiger partial charge in [-0.1, -0.05) is 48.0 Å². The van der Waals surface area contributed by atoms with Gasteiger partial charge in [0.2, 0.25) is 5.43 Å². The van der Waals surface area contributed by atoms with Gasteiger partial charge in [0.15, 0.2) is 21.3 Å². The summed E-state index contributed by atoms with van der Waals surface area (Å²) < 4.78 is 32.1. The van der Waals surface area contributed by atoms with Crippen molar-refractivity contribution in [1.82, 2.24) is 4.57 Å². The monoisotopic (exact) mass is 441 g/mol. The van der Waals surface area contributed by atoms with Crippen molar-refractivity contribution in [2.75, 3.05) is 5.75 Å². The lowest BCUT2D eigenvalue weighted by Gasteiger charge is -2.16. The van der Waals surface area contributed by atoms with Gasteiger partial charge in [-0.25, -0.2) is 13.2 Å². The molecular weight excluding hydrogens is 418 g/mol. The molecule has 0 saturated heterocycles. The predicted octanol–water partition coefficient (Wildman–Crippen LogP) is 2.99. The summed E-state index contributed by atoms with van der Waals surface area (Å²) in [5.41, 5.74) is 1.11. The molecule has 8 heteroatoms. The molecule has 0 spiro atoms. The highest BCUT2D eigenvalue weighted by molar-refractivity contribution is 7.91. The molecule has 0 amide bonds. The molecule has 0 fully saturated rings. The Hall–Kier alpha value is -3.39. The van der Waals surface area contributed by atoms with E-state index in [2.05, 4.69) is 0 Å². The molecule has 0 aliphatic heterocycles. The molecule has 0 unspecified atom stereocenters. The summed E-state index contributed by atoms with van der Waals surface area (Å²) in [7, 11) is -2.11. The van der Waals surface area contributed by atoms with Gasteiger partial charge in [-0.2, -0.15) is 0 Å². The third kappa shape index (κ3) is 5.21. The molecule has 0 aliphatic carbocycles. The van der Waals surface area contributed by atoms with Gasteiger partial charge >= 0.3 is 5.97 Å². The summed E-state index contributed by atoms with van der Waals surface area (Å²) >= 11 is 0. The minimum absolute atomic E-state index is 0.0127. The second-order valence-corrected chi connectivity index (χ2v) is 9.31. The van der Waals surface area contributed by atoms with Crippen LogP contribution >= 0.6 is 0 Å². The lowest BCUT2D eigenvalue weighted by Crippen LogP contribution is -2.23. The lowest BCUT2D eigenvalue weighted by molar-refractivity contribution is 0.0678. The highest BCUT2D eigenvalue weighted by Gasteiger charge is 2.22. The first-order valence-electron chi connectivity index (χ1n) is 9.61. The molecule has 0 saturated carbocycles. The molecule has 0 radical (unpaired) electrons. The van der Waals surface area contributed by atoms with Crippen molar-refractivity contribution >= 4 is 15.8 Å². The summed E-state index contributed by atoms with van der Waals surface area (Å²) in [6.07, 6.45) is -0.0127. The zero-order valence-corrected chi connectivity index (χ0v) is 18.1. The SMILES string of the molecule is Cc1ccc(S(=O)(=O)CCc2cc(=O)c(OCc3ccccc3)c(C(=O)O)n2C)cc1. The molecule has 3 aromatic rings. The number of ether oxygens (including phenoxy) is 1. The van der Waals surface area contributed by atoms with E-state index in [0.717, 1.165) is 11.1 Å². The van der Waals surface area contributed by atoms with Crippen molar-refractivity contribution in [1.29, 1.82) is 0 Å². The van der Waals surface area contributed by atoms with Crippen LogP contribution in [0.25, 0.3) is 0 Å². The van der Waals surface area contributed by atoms with Gasteiger partial charge in [0.25, 0.3) is 0 Å². The van der Waals surface area contributed by atoms with Crippen LogP contribution in [0.1, 0.15) is 27.3 Å². The topological polar surface area (TPSA) is 103 Å². The average molecular weight is 442 g/mol. The number of sulfone groups is 1. The maximum atomic E-state index is 12.6. The molecule has 31 heavy (non-hydrogen) atoms. The number of aryl methyl sites for hydroxylation is 2. The van der Waals surface area contributed by atoms with Gasteiger partial charge in [-0.15, -0.1) is 0 Å². The molecule has 0 atom stereocenters. The molecule has 3 rings (SSSR count). The first-order valence-corrected chi connectivity index (χ1v) is 11.3. The van der Waals surface area contributed by atoms with Gasteiger partial charge in [0.05, 0.1) is 10.6 Å². The quantitative estimate of drug-likeness (QED) is 0.577. The summed E-state index contributed by atoms with van der Waals surface area (Å²) in [5.74, 6) is -1.86. The molecule has 162 valence electrons. The van der Waals surface area contributed by atoms with Gasteiger partial charge < -0.3 is 14.4 Å². The third-order valence-electron chi connectivity index (χ3n) is 4.94. The number of pyridine rings is 1. The first kappa shape index (κ1) is 22.3. The van der Waals surface area contributed by atoms with Crippen LogP contribution in [0.3, 0.4) is 0 Å². The van der Waals surface area contributed by atoms with Crippen LogP contribution in [-0.2, 0) is 29.9 Å². The van der Waals surface area contributed by atoms with Gasteiger partial charge in [0.1, 0.15) is 6.61 Å². The van der Waals surface area contributed by atoms with E-state index in [4.69, 9.17) is 4.74 Å². The smallest absolute Gasteiger partial charge is 0.356 e. The number of aromatic nitrogens is 1. The third-order valence-corrected chi connectivity index (χ3v) is 6.67. The van der Waals surface area contributed by atoms with E-state index in [-0.39, 0.29) is 35.1 Å². The van der Waals surface area contributed by atoms with E-state index in [9.17, 15) is 23.1 Å². The van der Waals surface area contributed by atoms with Crippen molar-refractivity contribution in [2.45, 2.75) is 24.8 Å². The normalized spacial score (nSPS) is 11.3. The van der Waals surface area contributed by atoms with Crippen LogP contribution in [0.2, 0.25) is 0 Å². The van der Waals surface area contributed by atoms with E-state index in [1.807, 2.05) is 25.1 Å². The molecule has 0 aliphatic rings. The van der Waals surface area contributed by atoms with Crippen molar-refractivity contribution in [2.24, 2.45) is 7.05 Å². The van der Waals surface area contributed by atoms with Crippen molar-refractivity contribution in [3.8, 4) is 5.75 Å². The predicted molar refractivity (Wildman–Crippen MR) is 116 cm³/mol. The maximum absolute atomic E-state index is 12.6.